The molecule has 90 valence electrons. The maximum absolute atomic E-state index is 5.66. The fraction of sp³-hybridized carbons (Fsp3) is 0.571. The first-order chi connectivity index (χ1) is 7.69. The van der Waals surface area contributed by atoms with Crippen molar-refractivity contribution in [1.82, 2.24) is 0 Å². The van der Waals surface area contributed by atoms with Crippen LogP contribution >= 0.6 is 0 Å². The van der Waals surface area contributed by atoms with E-state index in [-0.39, 0.29) is 0 Å². The fourth-order valence-electron chi connectivity index (χ4n) is 1.87. The summed E-state index contributed by atoms with van der Waals surface area (Å²) in [6, 6.07) is 6.54. The molecule has 0 saturated heterocycles. The molecular weight excluding hydrogens is 196 g/mol. The largest absolute Gasteiger partial charge is 0.375 e. The zero-order valence-corrected chi connectivity index (χ0v) is 10.8. The van der Waals surface area contributed by atoms with Crippen LogP contribution in [-0.2, 0) is 6.54 Å². The molecule has 1 rings (SSSR count). The second-order valence-electron chi connectivity index (χ2n) is 4.44. The summed E-state index contributed by atoms with van der Waals surface area (Å²) in [5, 5.41) is 0. The number of hydrogen-bond donors (Lipinski definition) is 1. The number of nitrogens with two attached hydrogens (primary N) is 1. The minimum absolute atomic E-state index is 0.631. The van der Waals surface area contributed by atoms with Gasteiger partial charge in [-0.1, -0.05) is 25.8 Å². The molecule has 2 nitrogen and oxygen atoms in total. The van der Waals surface area contributed by atoms with Gasteiger partial charge in [0.05, 0.1) is 0 Å². The lowest BCUT2D eigenvalue weighted by atomic mass is 10.1. The van der Waals surface area contributed by atoms with Gasteiger partial charge in [0.2, 0.25) is 0 Å². The standard InChI is InChI=1S/C14H24N2/c1-4-5-6-9-16(3)14-8-7-13(11-15)12(2)10-14/h7-8,10H,4-6,9,11,15H2,1-3H3. The van der Waals surface area contributed by atoms with Crippen LogP contribution in [0.3, 0.4) is 0 Å². The minimum atomic E-state index is 0.631. The Labute approximate surface area is 99.5 Å². The van der Waals surface area contributed by atoms with Crippen molar-refractivity contribution in [1.29, 1.82) is 0 Å². The van der Waals surface area contributed by atoms with Crippen molar-refractivity contribution in [2.45, 2.75) is 39.7 Å². The van der Waals surface area contributed by atoms with Crippen LogP contribution in [0.5, 0.6) is 0 Å². The van der Waals surface area contributed by atoms with Gasteiger partial charge in [-0.2, -0.15) is 0 Å². The molecule has 0 bridgehead atoms. The van der Waals surface area contributed by atoms with Crippen molar-refractivity contribution in [3.8, 4) is 0 Å². The maximum Gasteiger partial charge on any atom is 0.0366 e. The minimum Gasteiger partial charge on any atom is -0.375 e. The molecule has 0 spiro atoms. The number of rotatable bonds is 6. The van der Waals surface area contributed by atoms with Gasteiger partial charge in [0.1, 0.15) is 0 Å². The molecule has 0 heterocycles. The Kier molecular flexibility index (Phi) is 5.33. The normalized spacial score (nSPS) is 10.5. The average molecular weight is 220 g/mol. The summed E-state index contributed by atoms with van der Waals surface area (Å²) >= 11 is 0. The molecule has 1 aromatic rings. The van der Waals surface area contributed by atoms with Crippen LogP contribution in [0, 0.1) is 6.92 Å². The second-order valence-corrected chi connectivity index (χ2v) is 4.44. The first-order valence-electron chi connectivity index (χ1n) is 6.19. The van der Waals surface area contributed by atoms with Crippen LogP contribution in [0.25, 0.3) is 0 Å². The van der Waals surface area contributed by atoms with Crippen molar-refractivity contribution in [2.75, 3.05) is 18.5 Å². The molecule has 0 aliphatic rings. The number of anilines is 1. The molecule has 1 aromatic carbocycles. The quantitative estimate of drug-likeness (QED) is 0.746. The number of aryl methyl sites for hydroxylation is 1. The monoisotopic (exact) mass is 220 g/mol. The van der Waals surface area contributed by atoms with Gasteiger partial charge in [-0.05, 0) is 36.6 Å². The average Bonchev–Trinajstić information content (AvgIpc) is 2.29. The zero-order chi connectivity index (χ0) is 12.0. The SMILES string of the molecule is CCCCCN(C)c1ccc(CN)c(C)c1. The lowest BCUT2D eigenvalue weighted by molar-refractivity contribution is 0.705. The van der Waals surface area contributed by atoms with E-state index < -0.39 is 0 Å². The molecule has 0 radical (unpaired) electrons. The molecule has 0 aliphatic carbocycles. The highest BCUT2D eigenvalue weighted by Crippen LogP contribution is 2.18. The summed E-state index contributed by atoms with van der Waals surface area (Å²) in [7, 11) is 2.16. The van der Waals surface area contributed by atoms with Gasteiger partial charge in [-0.3, -0.25) is 0 Å². The molecule has 0 aliphatic heterocycles. The first kappa shape index (κ1) is 13.0. The molecule has 0 unspecified atom stereocenters. The van der Waals surface area contributed by atoms with E-state index in [1.807, 2.05) is 0 Å². The third-order valence-electron chi connectivity index (χ3n) is 3.08. The molecule has 2 heteroatoms. The summed E-state index contributed by atoms with van der Waals surface area (Å²) in [4.78, 5) is 2.32. The highest BCUT2D eigenvalue weighted by molar-refractivity contribution is 5.50. The number of unbranched alkanes of at least 4 members (excludes halogenated alkanes) is 2. The summed E-state index contributed by atoms with van der Waals surface area (Å²) in [6.07, 6.45) is 3.86. The van der Waals surface area contributed by atoms with Gasteiger partial charge >= 0.3 is 0 Å². The lowest BCUT2D eigenvalue weighted by Crippen LogP contribution is -2.18. The Hall–Kier alpha value is -1.02. The van der Waals surface area contributed by atoms with E-state index in [1.54, 1.807) is 0 Å². The highest BCUT2D eigenvalue weighted by Gasteiger charge is 2.02. The Morgan fingerprint density at radius 1 is 1.25 bits per heavy atom. The van der Waals surface area contributed by atoms with Gasteiger partial charge in [0.25, 0.3) is 0 Å². The van der Waals surface area contributed by atoms with Crippen molar-refractivity contribution in [2.24, 2.45) is 5.73 Å². The maximum atomic E-state index is 5.66. The van der Waals surface area contributed by atoms with Crippen molar-refractivity contribution in [3.63, 3.8) is 0 Å². The molecule has 16 heavy (non-hydrogen) atoms. The van der Waals surface area contributed by atoms with Gasteiger partial charge in [0.15, 0.2) is 0 Å². The first-order valence-corrected chi connectivity index (χ1v) is 6.19. The predicted molar refractivity (Wildman–Crippen MR) is 71.9 cm³/mol. The van der Waals surface area contributed by atoms with E-state index in [2.05, 4.69) is 44.0 Å². The van der Waals surface area contributed by atoms with Gasteiger partial charge in [-0.25, -0.2) is 0 Å². The number of benzene rings is 1. The van der Waals surface area contributed by atoms with Crippen LogP contribution in [0.4, 0.5) is 5.69 Å². The number of nitrogens with zero attached hydrogens (tertiary/aromatic N) is 1. The Morgan fingerprint density at radius 3 is 2.56 bits per heavy atom. The fourth-order valence-corrected chi connectivity index (χ4v) is 1.87. The van der Waals surface area contributed by atoms with E-state index in [9.17, 15) is 0 Å². The van der Waals surface area contributed by atoms with E-state index in [4.69, 9.17) is 5.73 Å². The van der Waals surface area contributed by atoms with Gasteiger partial charge < -0.3 is 10.6 Å². The van der Waals surface area contributed by atoms with Crippen LogP contribution < -0.4 is 10.6 Å². The van der Waals surface area contributed by atoms with Gasteiger partial charge in [-0.15, -0.1) is 0 Å². The topological polar surface area (TPSA) is 29.3 Å². The lowest BCUT2D eigenvalue weighted by Gasteiger charge is -2.20. The van der Waals surface area contributed by atoms with Crippen LogP contribution in [0.2, 0.25) is 0 Å². The van der Waals surface area contributed by atoms with E-state index in [0.29, 0.717) is 6.54 Å². The predicted octanol–water partition coefficient (Wildman–Crippen LogP) is 3.08. The number of hydrogen-bond acceptors (Lipinski definition) is 2. The summed E-state index contributed by atoms with van der Waals surface area (Å²) in [5.41, 5.74) is 9.49. The Balaban J connectivity index is 2.62. The highest BCUT2D eigenvalue weighted by atomic mass is 15.1. The third-order valence-corrected chi connectivity index (χ3v) is 3.08. The Morgan fingerprint density at radius 2 is 2.00 bits per heavy atom. The van der Waals surface area contributed by atoms with Crippen LogP contribution in [0.1, 0.15) is 37.3 Å². The van der Waals surface area contributed by atoms with Crippen molar-refractivity contribution in [3.05, 3.63) is 29.3 Å². The summed E-state index contributed by atoms with van der Waals surface area (Å²) in [5.74, 6) is 0. The molecule has 0 aromatic heterocycles. The molecule has 0 atom stereocenters. The molecule has 2 N–H and O–H groups in total. The van der Waals surface area contributed by atoms with Crippen LogP contribution in [-0.4, -0.2) is 13.6 Å². The smallest absolute Gasteiger partial charge is 0.0366 e. The van der Waals surface area contributed by atoms with Gasteiger partial charge in [0, 0.05) is 25.8 Å². The van der Waals surface area contributed by atoms with E-state index in [0.717, 1.165) is 6.54 Å². The molecule has 0 amide bonds. The van der Waals surface area contributed by atoms with Crippen molar-refractivity contribution < 1.29 is 0 Å². The second kappa shape index (κ2) is 6.54. The third kappa shape index (κ3) is 3.53. The van der Waals surface area contributed by atoms with E-state index >= 15 is 0 Å². The molecular formula is C14H24N2. The molecule has 0 saturated carbocycles. The van der Waals surface area contributed by atoms with Crippen LogP contribution in [0.15, 0.2) is 18.2 Å². The zero-order valence-electron chi connectivity index (χ0n) is 10.8. The van der Waals surface area contributed by atoms with Crippen molar-refractivity contribution >= 4 is 5.69 Å². The van der Waals surface area contributed by atoms with E-state index in [1.165, 1.54) is 36.1 Å². The summed E-state index contributed by atoms with van der Waals surface area (Å²) in [6.45, 7) is 6.13. The Bertz CT molecular complexity index is 321. The summed E-state index contributed by atoms with van der Waals surface area (Å²) < 4.78 is 0. The molecule has 0 fully saturated rings.